The van der Waals surface area contributed by atoms with Gasteiger partial charge in [-0.3, -0.25) is 9.59 Å². The first kappa shape index (κ1) is 25.6. The maximum absolute atomic E-state index is 13.6. The van der Waals surface area contributed by atoms with E-state index in [-0.39, 0.29) is 22.9 Å². The molecule has 1 fully saturated rings. The molecule has 0 unspecified atom stereocenters. The number of Topliss-reactive ketones (excluding diaryl/α,β-unsaturated/α-hetero) is 1. The lowest BCUT2D eigenvalue weighted by atomic mass is 9.91. The van der Waals surface area contributed by atoms with Crippen LogP contribution in [0.2, 0.25) is 0 Å². The van der Waals surface area contributed by atoms with E-state index in [0.29, 0.717) is 39.8 Å². The molecule has 40 heavy (non-hydrogen) atoms. The first-order chi connectivity index (χ1) is 19.3. The van der Waals surface area contributed by atoms with Crippen LogP contribution in [0.1, 0.15) is 56.9 Å². The second-order valence-corrected chi connectivity index (χ2v) is 10.6. The number of fused-ring (bicyclic) bond motifs is 1. The lowest BCUT2D eigenvalue weighted by Crippen LogP contribution is -2.18. The third-order valence-electron chi connectivity index (χ3n) is 7.73. The number of carbonyl (C=O) groups is 2. The van der Waals surface area contributed by atoms with Crippen molar-refractivity contribution in [2.75, 3.05) is 7.05 Å². The molecule has 1 N–H and O–H groups in total. The zero-order chi connectivity index (χ0) is 28.0. The summed E-state index contributed by atoms with van der Waals surface area (Å²) in [5, 5.41) is 3.33. The van der Waals surface area contributed by atoms with Gasteiger partial charge in [-0.15, -0.1) is 0 Å². The van der Waals surface area contributed by atoms with E-state index < -0.39 is 0 Å². The average molecular weight is 534 g/mol. The number of benzene rings is 3. The molecule has 3 aromatic carbocycles. The van der Waals surface area contributed by atoms with E-state index in [1.54, 1.807) is 31.6 Å². The summed E-state index contributed by atoms with van der Waals surface area (Å²) in [5.74, 6) is 0.497. The van der Waals surface area contributed by atoms with E-state index >= 15 is 0 Å². The predicted octanol–water partition coefficient (Wildman–Crippen LogP) is 6.98. The normalized spacial score (nSPS) is 13.8. The SMILES string of the molecule is CNC(=O)c1c(-c2ccc(F)cc2)oc2ccc(-c3cc(C(=O)CC4(c5ncc(C)cn5)CC4)ccc3C)cc12. The molecule has 0 bridgehead atoms. The van der Waals surface area contributed by atoms with Gasteiger partial charge in [0.2, 0.25) is 0 Å². The minimum atomic E-state index is -0.368. The van der Waals surface area contributed by atoms with E-state index in [9.17, 15) is 14.0 Å². The molecule has 1 aliphatic carbocycles. The van der Waals surface area contributed by atoms with Gasteiger partial charge in [-0.1, -0.05) is 18.2 Å². The lowest BCUT2D eigenvalue weighted by Gasteiger charge is -2.14. The van der Waals surface area contributed by atoms with Crippen LogP contribution in [-0.2, 0) is 5.41 Å². The van der Waals surface area contributed by atoms with Crippen molar-refractivity contribution in [3.63, 3.8) is 0 Å². The van der Waals surface area contributed by atoms with Crippen LogP contribution in [0.25, 0.3) is 33.4 Å². The Balaban J connectivity index is 1.37. The summed E-state index contributed by atoms with van der Waals surface area (Å²) >= 11 is 0. The Hall–Kier alpha value is -4.65. The van der Waals surface area contributed by atoms with Gasteiger partial charge in [0.25, 0.3) is 5.91 Å². The third-order valence-corrected chi connectivity index (χ3v) is 7.73. The average Bonchev–Trinajstić information content (AvgIpc) is 3.64. The number of nitrogens with zero attached hydrogens (tertiary/aromatic N) is 2. The maximum atomic E-state index is 13.6. The highest BCUT2D eigenvalue weighted by Crippen LogP contribution is 2.50. The summed E-state index contributed by atoms with van der Waals surface area (Å²) in [7, 11) is 1.56. The fourth-order valence-electron chi connectivity index (χ4n) is 5.23. The van der Waals surface area contributed by atoms with E-state index in [4.69, 9.17) is 4.42 Å². The van der Waals surface area contributed by atoms with Crippen LogP contribution in [-0.4, -0.2) is 28.7 Å². The molecular weight excluding hydrogens is 505 g/mol. The van der Waals surface area contributed by atoms with Gasteiger partial charge in [-0.25, -0.2) is 14.4 Å². The smallest absolute Gasteiger partial charge is 0.255 e. The van der Waals surface area contributed by atoms with Gasteiger partial charge in [-0.2, -0.15) is 0 Å². The molecule has 0 saturated heterocycles. The van der Waals surface area contributed by atoms with Crippen LogP contribution in [0.3, 0.4) is 0 Å². The highest BCUT2D eigenvalue weighted by Gasteiger charge is 2.48. The van der Waals surface area contributed by atoms with Gasteiger partial charge < -0.3 is 9.73 Å². The van der Waals surface area contributed by atoms with E-state index in [2.05, 4.69) is 15.3 Å². The van der Waals surface area contributed by atoms with Crippen molar-refractivity contribution in [1.82, 2.24) is 15.3 Å². The highest BCUT2D eigenvalue weighted by molar-refractivity contribution is 6.12. The number of halogens is 1. The second kappa shape index (κ2) is 9.83. The number of furan rings is 1. The maximum Gasteiger partial charge on any atom is 0.255 e. The molecule has 7 heteroatoms. The highest BCUT2D eigenvalue weighted by atomic mass is 19.1. The molecule has 1 amide bonds. The van der Waals surface area contributed by atoms with E-state index in [1.807, 2.05) is 50.2 Å². The molecule has 6 rings (SSSR count). The molecule has 2 aromatic heterocycles. The van der Waals surface area contributed by atoms with Crippen LogP contribution >= 0.6 is 0 Å². The van der Waals surface area contributed by atoms with Crippen LogP contribution in [0.4, 0.5) is 4.39 Å². The van der Waals surface area contributed by atoms with Crippen LogP contribution < -0.4 is 5.32 Å². The number of rotatable bonds is 7. The van der Waals surface area contributed by atoms with Crippen molar-refractivity contribution in [3.8, 4) is 22.5 Å². The number of aryl methyl sites for hydroxylation is 2. The number of hydrogen-bond acceptors (Lipinski definition) is 5. The predicted molar refractivity (Wildman–Crippen MR) is 152 cm³/mol. The summed E-state index contributed by atoms with van der Waals surface area (Å²) in [6.45, 7) is 3.94. The van der Waals surface area contributed by atoms with Gasteiger partial charge in [0.05, 0.1) is 5.56 Å². The minimum Gasteiger partial charge on any atom is -0.455 e. The Morgan fingerprint density at radius 2 is 1.65 bits per heavy atom. The summed E-state index contributed by atoms with van der Waals surface area (Å²) in [6, 6.07) is 17.3. The number of hydrogen-bond donors (Lipinski definition) is 1. The molecule has 1 aliphatic rings. The first-order valence-electron chi connectivity index (χ1n) is 13.3. The van der Waals surface area contributed by atoms with Gasteiger partial charge in [0.15, 0.2) is 5.78 Å². The minimum absolute atomic E-state index is 0.0527. The number of ketones is 1. The molecule has 0 radical (unpaired) electrons. The molecule has 2 heterocycles. The summed E-state index contributed by atoms with van der Waals surface area (Å²) in [5.41, 5.74) is 5.62. The van der Waals surface area contributed by atoms with Crippen LogP contribution in [0, 0.1) is 19.7 Å². The van der Waals surface area contributed by atoms with Crippen molar-refractivity contribution in [3.05, 3.63) is 107 Å². The Kier molecular flexibility index (Phi) is 6.29. The molecule has 0 spiro atoms. The topological polar surface area (TPSA) is 85.1 Å². The van der Waals surface area contributed by atoms with Gasteiger partial charge in [0.1, 0.15) is 23.0 Å². The summed E-state index contributed by atoms with van der Waals surface area (Å²) in [6.07, 6.45) is 5.77. The van der Waals surface area contributed by atoms with Crippen molar-refractivity contribution in [1.29, 1.82) is 0 Å². The number of amides is 1. The number of aromatic nitrogens is 2. The Labute approximate surface area is 231 Å². The van der Waals surface area contributed by atoms with Gasteiger partial charge in [0, 0.05) is 47.8 Å². The monoisotopic (exact) mass is 533 g/mol. The standard InChI is InChI=1S/C33H28FN3O3/c1-19-17-36-32(37-18-19)33(12-13-33)16-27(38)23-5-4-20(2)25(15-23)22-8-11-28-26(14-22)29(31(39)35-3)30(40-28)21-6-9-24(34)10-7-21/h4-11,14-15,17-18H,12-13,16H2,1-3H3,(H,35,39). The Morgan fingerprint density at radius 3 is 2.33 bits per heavy atom. The second-order valence-electron chi connectivity index (χ2n) is 10.6. The Bertz CT molecular complexity index is 1770. The Morgan fingerprint density at radius 1 is 0.950 bits per heavy atom. The van der Waals surface area contributed by atoms with E-state index in [1.165, 1.54) is 12.1 Å². The van der Waals surface area contributed by atoms with Gasteiger partial charge >= 0.3 is 0 Å². The van der Waals surface area contributed by atoms with Gasteiger partial charge in [-0.05, 0) is 91.4 Å². The van der Waals surface area contributed by atoms with Crippen molar-refractivity contribution < 1.29 is 18.4 Å². The first-order valence-corrected chi connectivity index (χ1v) is 13.3. The number of nitrogens with one attached hydrogen (secondary N) is 1. The quantitative estimate of drug-likeness (QED) is 0.228. The van der Waals surface area contributed by atoms with Crippen LogP contribution in [0.5, 0.6) is 0 Å². The largest absolute Gasteiger partial charge is 0.455 e. The lowest BCUT2D eigenvalue weighted by molar-refractivity contribution is 0.0958. The van der Waals surface area contributed by atoms with Crippen LogP contribution in [0.15, 0.2) is 77.5 Å². The molecule has 5 aromatic rings. The molecule has 1 saturated carbocycles. The number of carbonyl (C=O) groups excluding carboxylic acids is 2. The molecule has 0 aliphatic heterocycles. The molecular formula is C33H28FN3O3. The van der Waals surface area contributed by atoms with E-state index in [0.717, 1.165) is 40.9 Å². The zero-order valence-corrected chi connectivity index (χ0v) is 22.5. The summed E-state index contributed by atoms with van der Waals surface area (Å²) < 4.78 is 19.6. The molecule has 200 valence electrons. The summed E-state index contributed by atoms with van der Waals surface area (Å²) in [4.78, 5) is 35.4. The van der Waals surface area contributed by atoms with Crippen molar-refractivity contribution in [2.45, 2.75) is 38.5 Å². The zero-order valence-electron chi connectivity index (χ0n) is 22.5. The van der Waals surface area contributed by atoms with Crippen molar-refractivity contribution in [2.24, 2.45) is 0 Å². The fraction of sp³-hybridized carbons (Fsp3) is 0.212. The molecule has 0 atom stereocenters. The molecule has 6 nitrogen and oxygen atoms in total. The van der Waals surface area contributed by atoms with Crippen molar-refractivity contribution >= 4 is 22.7 Å². The third kappa shape index (κ3) is 4.57. The fourth-order valence-corrected chi connectivity index (χ4v) is 5.23.